The lowest BCUT2D eigenvalue weighted by atomic mass is 9.98. The average Bonchev–Trinajstić information content (AvgIpc) is 2.15. The first-order valence-electron chi connectivity index (χ1n) is 5.96. The fourth-order valence-corrected chi connectivity index (χ4v) is 1.45. The van der Waals surface area contributed by atoms with Crippen LogP contribution in [0.5, 0.6) is 0 Å². The summed E-state index contributed by atoms with van der Waals surface area (Å²) < 4.78 is 0. The number of aliphatic hydroxyl groups excluding tert-OH is 1. The number of unbranched alkanes of at least 4 members (excludes halogenated alkanes) is 3. The summed E-state index contributed by atoms with van der Waals surface area (Å²) >= 11 is 0. The van der Waals surface area contributed by atoms with Gasteiger partial charge in [-0.2, -0.15) is 0 Å². The number of carbonyl (C=O) groups excluding carboxylic acids is 1. The Kier molecular flexibility index (Phi) is 8.38. The third-order valence-electron chi connectivity index (χ3n) is 2.78. The molecule has 2 atom stereocenters. The van der Waals surface area contributed by atoms with Crippen molar-refractivity contribution >= 4 is 5.91 Å². The van der Waals surface area contributed by atoms with Gasteiger partial charge in [0.2, 0.25) is 5.91 Å². The highest BCUT2D eigenvalue weighted by atomic mass is 16.3. The van der Waals surface area contributed by atoms with E-state index in [2.05, 4.69) is 12.2 Å². The van der Waals surface area contributed by atoms with Gasteiger partial charge in [-0.05, 0) is 25.7 Å². The van der Waals surface area contributed by atoms with E-state index in [1.54, 1.807) is 6.92 Å². The highest BCUT2D eigenvalue weighted by molar-refractivity contribution is 5.72. The number of nitrogens with one attached hydrogen (secondary N) is 1. The Labute approximate surface area is 93.3 Å². The summed E-state index contributed by atoms with van der Waals surface area (Å²) in [5.74, 6) is 0.457. The van der Waals surface area contributed by atoms with Gasteiger partial charge >= 0.3 is 0 Å². The highest BCUT2D eigenvalue weighted by Crippen LogP contribution is 2.13. The largest absolute Gasteiger partial charge is 0.393 e. The molecule has 0 rings (SSSR count). The molecule has 15 heavy (non-hydrogen) atoms. The summed E-state index contributed by atoms with van der Waals surface area (Å²) in [6.07, 6.45) is 5.49. The van der Waals surface area contributed by atoms with Gasteiger partial charge in [0.1, 0.15) is 0 Å². The zero-order valence-corrected chi connectivity index (χ0v) is 10.3. The molecule has 1 amide bonds. The van der Waals surface area contributed by atoms with Crippen LogP contribution in [0.3, 0.4) is 0 Å². The second-order valence-corrected chi connectivity index (χ2v) is 4.40. The molecule has 0 spiro atoms. The SMILES string of the molecule is CC(=O)NCCCCCC[C@@H](C)[C@H](C)O. The Balaban J connectivity index is 3.15. The standard InChI is InChI=1S/C12H25NO2/c1-10(11(2)14)8-6-4-5-7-9-13-12(3)15/h10-11,14H,4-9H2,1-3H3,(H,13,15)/t10-,11+/m1/s1. The molecule has 0 saturated heterocycles. The highest BCUT2D eigenvalue weighted by Gasteiger charge is 2.07. The summed E-state index contributed by atoms with van der Waals surface area (Å²) in [4.78, 5) is 10.6. The molecule has 0 heterocycles. The molecule has 0 unspecified atom stereocenters. The van der Waals surface area contributed by atoms with Crippen LogP contribution in [0.4, 0.5) is 0 Å². The molecule has 3 heteroatoms. The molecule has 3 nitrogen and oxygen atoms in total. The fraction of sp³-hybridized carbons (Fsp3) is 0.917. The number of carbonyl (C=O) groups is 1. The zero-order valence-electron chi connectivity index (χ0n) is 10.3. The predicted octanol–water partition coefficient (Wildman–Crippen LogP) is 2.09. The van der Waals surface area contributed by atoms with E-state index in [4.69, 9.17) is 0 Å². The maximum absolute atomic E-state index is 10.6. The van der Waals surface area contributed by atoms with Gasteiger partial charge in [0.25, 0.3) is 0 Å². The molecule has 0 fully saturated rings. The van der Waals surface area contributed by atoms with Gasteiger partial charge in [-0.1, -0.05) is 26.2 Å². The van der Waals surface area contributed by atoms with E-state index in [1.807, 2.05) is 6.92 Å². The number of rotatable bonds is 8. The Morgan fingerprint density at radius 1 is 1.20 bits per heavy atom. The Morgan fingerprint density at radius 3 is 2.33 bits per heavy atom. The molecule has 0 aromatic carbocycles. The van der Waals surface area contributed by atoms with Gasteiger partial charge in [-0.15, -0.1) is 0 Å². The van der Waals surface area contributed by atoms with Crippen molar-refractivity contribution in [2.45, 2.75) is 59.0 Å². The minimum Gasteiger partial charge on any atom is -0.393 e. The van der Waals surface area contributed by atoms with E-state index >= 15 is 0 Å². The molecule has 0 aromatic rings. The number of hydrogen-bond donors (Lipinski definition) is 2. The van der Waals surface area contributed by atoms with Crippen LogP contribution in [0.1, 0.15) is 52.9 Å². The van der Waals surface area contributed by atoms with Crippen molar-refractivity contribution in [2.24, 2.45) is 5.92 Å². The van der Waals surface area contributed by atoms with Crippen molar-refractivity contribution < 1.29 is 9.90 Å². The monoisotopic (exact) mass is 215 g/mol. The first-order valence-corrected chi connectivity index (χ1v) is 5.96. The van der Waals surface area contributed by atoms with Crippen molar-refractivity contribution in [3.8, 4) is 0 Å². The molecular formula is C12H25NO2. The third kappa shape index (κ3) is 9.73. The van der Waals surface area contributed by atoms with E-state index in [0.29, 0.717) is 5.92 Å². The normalized spacial score (nSPS) is 14.7. The lowest BCUT2D eigenvalue weighted by Gasteiger charge is -2.13. The summed E-state index contributed by atoms with van der Waals surface area (Å²) in [5.41, 5.74) is 0. The topological polar surface area (TPSA) is 49.3 Å². The van der Waals surface area contributed by atoms with Crippen molar-refractivity contribution in [3.63, 3.8) is 0 Å². The van der Waals surface area contributed by atoms with Gasteiger partial charge in [-0.25, -0.2) is 0 Å². The van der Waals surface area contributed by atoms with Crippen LogP contribution in [0.15, 0.2) is 0 Å². The minimum atomic E-state index is -0.190. The van der Waals surface area contributed by atoms with E-state index < -0.39 is 0 Å². The fourth-order valence-electron chi connectivity index (χ4n) is 1.45. The smallest absolute Gasteiger partial charge is 0.216 e. The van der Waals surface area contributed by atoms with Crippen molar-refractivity contribution in [1.82, 2.24) is 5.32 Å². The quantitative estimate of drug-likeness (QED) is 0.609. The Morgan fingerprint density at radius 2 is 1.80 bits per heavy atom. The second-order valence-electron chi connectivity index (χ2n) is 4.40. The number of aliphatic hydroxyl groups is 1. The number of amides is 1. The van der Waals surface area contributed by atoms with Crippen LogP contribution >= 0.6 is 0 Å². The van der Waals surface area contributed by atoms with Crippen LogP contribution in [-0.4, -0.2) is 23.7 Å². The van der Waals surface area contributed by atoms with Gasteiger partial charge < -0.3 is 10.4 Å². The van der Waals surface area contributed by atoms with Crippen LogP contribution in [0.2, 0.25) is 0 Å². The minimum absolute atomic E-state index is 0.0535. The summed E-state index contributed by atoms with van der Waals surface area (Å²) in [7, 11) is 0. The molecule has 90 valence electrons. The van der Waals surface area contributed by atoms with Gasteiger partial charge in [-0.3, -0.25) is 4.79 Å². The molecule has 0 saturated carbocycles. The molecule has 0 aromatic heterocycles. The zero-order chi connectivity index (χ0) is 11.7. The third-order valence-corrected chi connectivity index (χ3v) is 2.78. The van der Waals surface area contributed by atoms with E-state index in [0.717, 1.165) is 25.8 Å². The molecule has 2 N–H and O–H groups in total. The average molecular weight is 215 g/mol. The number of hydrogen-bond acceptors (Lipinski definition) is 2. The second kappa shape index (κ2) is 8.72. The van der Waals surface area contributed by atoms with Crippen LogP contribution in [0.25, 0.3) is 0 Å². The van der Waals surface area contributed by atoms with Crippen molar-refractivity contribution in [1.29, 1.82) is 0 Å². The summed E-state index contributed by atoms with van der Waals surface area (Å²) in [6, 6.07) is 0. The van der Waals surface area contributed by atoms with Gasteiger partial charge in [0.15, 0.2) is 0 Å². The van der Waals surface area contributed by atoms with Crippen LogP contribution in [0, 0.1) is 5.92 Å². The van der Waals surface area contributed by atoms with Crippen LogP contribution in [-0.2, 0) is 4.79 Å². The Bertz CT molecular complexity index is 169. The van der Waals surface area contributed by atoms with Gasteiger partial charge in [0, 0.05) is 13.5 Å². The molecule has 0 aliphatic rings. The van der Waals surface area contributed by atoms with E-state index in [-0.39, 0.29) is 12.0 Å². The molecule has 0 bridgehead atoms. The molecule has 0 aliphatic heterocycles. The lowest BCUT2D eigenvalue weighted by molar-refractivity contribution is -0.118. The van der Waals surface area contributed by atoms with Crippen molar-refractivity contribution in [2.75, 3.05) is 6.54 Å². The first-order chi connectivity index (χ1) is 7.04. The van der Waals surface area contributed by atoms with E-state index in [1.165, 1.54) is 12.8 Å². The van der Waals surface area contributed by atoms with E-state index in [9.17, 15) is 9.90 Å². The lowest BCUT2D eigenvalue weighted by Crippen LogP contribution is -2.20. The molecule has 0 aliphatic carbocycles. The molecule has 0 radical (unpaired) electrons. The van der Waals surface area contributed by atoms with Gasteiger partial charge in [0.05, 0.1) is 6.10 Å². The first kappa shape index (κ1) is 14.4. The predicted molar refractivity (Wildman–Crippen MR) is 62.6 cm³/mol. The summed E-state index contributed by atoms with van der Waals surface area (Å²) in [6.45, 7) is 6.27. The summed E-state index contributed by atoms with van der Waals surface area (Å²) in [5, 5.41) is 12.1. The maximum Gasteiger partial charge on any atom is 0.216 e. The van der Waals surface area contributed by atoms with Crippen molar-refractivity contribution in [3.05, 3.63) is 0 Å². The van der Waals surface area contributed by atoms with Crippen LogP contribution < -0.4 is 5.32 Å². The molecular weight excluding hydrogens is 190 g/mol. The maximum atomic E-state index is 10.6. The Hall–Kier alpha value is -0.570.